The first kappa shape index (κ1) is 11.4. The summed E-state index contributed by atoms with van der Waals surface area (Å²) in [6.07, 6.45) is -3.23. The second kappa shape index (κ2) is 4.24. The van der Waals surface area contributed by atoms with Gasteiger partial charge in [0.1, 0.15) is 6.29 Å². The molecule has 1 aromatic heterocycles. The minimum Gasteiger partial charge on any atom is -0.481 e. The van der Waals surface area contributed by atoms with Gasteiger partial charge in [0.2, 0.25) is 11.7 Å². The third-order valence-electron chi connectivity index (χ3n) is 1.57. The summed E-state index contributed by atoms with van der Waals surface area (Å²) in [6, 6.07) is 0. The minimum absolute atomic E-state index is 0.0820. The van der Waals surface area contributed by atoms with Crippen LogP contribution in [-0.4, -0.2) is 23.4 Å². The van der Waals surface area contributed by atoms with Crippen molar-refractivity contribution in [2.24, 2.45) is 0 Å². The number of methoxy groups -OCH3 is 1. The van der Waals surface area contributed by atoms with Crippen LogP contribution in [0.2, 0.25) is 0 Å². The summed E-state index contributed by atoms with van der Waals surface area (Å²) in [5.41, 5.74) is 0.223. The molecule has 0 amide bonds. The lowest BCUT2D eigenvalue weighted by Crippen LogP contribution is -2.12. The highest BCUT2D eigenvalue weighted by Crippen LogP contribution is 2.28. The SMILES string of the molecule is COc1nc(C(F)(F)F)ncc1CC=O. The number of rotatable bonds is 3. The summed E-state index contributed by atoms with van der Waals surface area (Å²) >= 11 is 0. The smallest absolute Gasteiger partial charge is 0.451 e. The fourth-order valence-corrected chi connectivity index (χ4v) is 0.934. The lowest BCUT2D eigenvalue weighted by Gasteiger charge is -2.08. The highest BCUT2D eigenvalue weighted by atomic mass is 19.4. The maximum atomic E-state index is 12.2. The first-order valence-corrected chi connectivity index (χ1v) is 3.89. The Hall–Kier alpha value is -1.66. The topological polar surface area (TPSA) is 52.1 Å². The van der Waals surface area contributed by atoms with E-state index in [-0.39, 0.29) is 17.9 Å². The van der Waals surface area contributed by atoms with Crippen molar-refractivity contribution in [3.8, 4) is 5.88 Å². The first-order valence-electron chi connectivity index (χ1n) is 3.89. The van der Waals surface area contributed by atoms with Crippen LogP contribution in [0.25, 0.3) is 0 Å². The molecule has 7 heteroatoms. The molecule has 0 spiro atoms. The van der Waals surface area contributed by atoms with Gasteiger partial charge in [0.25, 0.3) is 0 Å². The van der Waals surface area contributed by atoms with Crippen LogP contribution in [-0.2, 0) is 17.4 Å². The molecule has 0 fully saturated rings. The highest BCUT2D eigenvalue weighted by molar-refractivity contribution is 5.56. The molecule has 82 valence electrons. The van der Waals surface area contributed by atoms with Crippen LogP contribution in [0.15, 0.2) is 6.20 Å². The summed E-state index contributed by atoms with van der Waals surface area (Å²) in [7, 11) is 1.18. The minimum atomic E-state index is -4.62. The number of halogens is 3. The van der Waals surface area contributed by atoms with E-state index < -0.39 is 12.0 Å². The molecule has 0 unspecified atom stereocenters. The maximum Gasteiger partial charge on any atom is 0.451 e. The Balaban J connectivity index is 3.13. The van der Waals surface area contributed by atoms with Crippen LogP contribution >= 0.6 is 0 Å². The van der Waals surface area contributed by atoms with E-state index in [2.05, 4.69) is 14.7 Å². The van der Waals surface area contributed by atoms with Crippen LogP contribution in [0.5, 0.6) is 5.88 Å². The summed E-state index contributed by atoms with van der Waals surface area (Å²) < 4.78 is 41.1. The van der Waals surface area contributed by atoms with Gasteiger partial charge in [-0.3, -0.25) is 0 Å². The summed E-state index contributed by atoms with van der Waals surface area (Å²) in [5.74, 6) is -1.52. The van der Waals surface area contributed by atoms with E-state index >= 15 is 0 Å². The van der Waals surface area contributed by atoms with Crippen LogP contribution < -0.4 is 4.74 Å². The lowest BCUT2D eigenvalue weighted by atomic mass is 10.2. The number of hydrogen-bond donors (Lipinski definition) is 0. The molecule has 0 radical (unpaired) electrons. The van der Waals surface area contributed by atoms with Crippen molar-refractivity contribution >= 4 is 6.29 Å². The van der Waals surface area contributed by atoms with Gasteiger partial charge in [0.05, 0.1) is 7.11 Å². The average molecular weight is 220 g/mol. The lowest BCUT2D eigenvalue weighted by molar-refractivity contribution is -0.145. The molecule has 0 aliphatic rings. The third-order valence-corrected chi connectivity index (χ3v) is 1.57. The maximum absolute atomic E-state index is 12.2. The summed E-state index contributed by atoms with van der Waals surface area (Å²) in [5, 5.41) is 0. The van der Waals surface area contributed by atoms with Gasteiger partial charge < -0.3 is 9.53 Å². The Morgan fingerprint density at radius 2 is 2.20 bits per heavy atom. The molecule has 4 nitrogen and oxygen atoms in total. The molecule has 0 aromatic carbocycles. The zero-order chi connectivity index (χ0) is 11.5. The number of alkyl halides is 3. The molecular weight excluding hydrogens is 213 g/mol. The van der Waals surface area contributed by atoms with Gasteiger partial charge in [-0.05, 0) is 0 Å². The molecule has 0 aliphatic heterocycles. The second-order valence-electron chi connectivity index (χ2n) is 2.60. The van der Waals surface area contributed by atoms with E-state index in [1.54, 1.807) is 0 Å². The number of nitrogens with zero attached hydrogens (tertiary/aromatic N) is 2. The van der Waals surface area contributed by atoms with Crippen molar-refractivity contribution in [3.05, 3.63) is 17.6 Å². The van der Waals surface area contributed by atoms with Crippen molar-refractivity contribution in [2.75, 3.05) is 7.11 Å². The van der Waals surface area contributed by atoms with Gasteiger partial charge in [-0.2, -0.15) is 18.2 Å². The molecule has 0 atom stereocenters. The third kappa shape index (κ3) is 2.64. The first-order chi connectivity index (χ1) is 6.99. The van der Waals surface area contributed by atoms with Crippen LogP contribution in [0, 0.1) is 0 Å². The molecule has 0 saturated carbocycles. The van der Waals surface area contributed by atoms with Gasteiger partial charge in [0, 0.05) is 18.2 Å². The van der Waals surface area contributed by atoms with Gasteiger partial charge >= 0.3 is 6.18 Å². The quantitative estimate of drug-likeness (QED) is 0.719. The Bertz CT molecular complexity index is 365. The highest BCUT2D eigenvalue weighted by Gasteiger charge is 2.35. The normalized spacial score (nSPS) is 11.2. The van der Waals surface area contributed by atoms with E-state index in [4.69, 9.17) is 0 Å². The second-order valence-corrected chi connectivity index (χ2v) is 2.60. The van der Waals surface area contributed by atoms with Crippen molar-refractivity contribution in [1.29, 1.82) is 0 Å². The molecule has 0 N–H and O–H groups in total. The molecule has 1 heterocycles. The number of carbonyl (C=O) groups is 1. The largest absolute Gasteiger partial charge is 0.481 e. The van der Waals surface area contributed by atoms with E-state index in [0.717, 1.165) is 6.20 Å². The zero-order valence-corrected chi connectivity index (χ0v) is 7.71. The number of carbonyl (C=O) groups excluding carboxylic acids is 1. The van der Waals surface area contributed by atoms with Gasteiger partial charge in [-0.1, -0.05) is 0 Å². The Morgan fingerprint density at radius 1 is 1.53 bits per heavy atom. The molecule has 0 aliphatic carbocycles. The Labute approximate surface area is 83.1 Å². The standard InChI is InChI=1S/C8H7F3N2O2/c1-15-6-5(2-3-14)4-12-7(13-6)8(9,10)11/h3-4H,2H2,1H3. The van der Waals surface area contributed by atoms with Crippen molar-refractivity contribution in [2.45, 2.75) is 12.6 Å². The predicted molar refractivity (Wildman–Crippen MR) is 43.4 cm³/mol. The van der Waals surface area contributed by atoms with Crippen LogP contribution in [0.3, 0.4) is 0 Å². The summed E-state index contributed by atoms with van der Waals surface area (Å²) in [6.45, 7) is 0. The fourth-order valence-electron chi connectivity index (χ4n) is 0.934. The molecule has 1 rings (SSSR count). The number of ether oxygens (including phenoxy) is 1. The zero-order valence-electron chi connectivity index (χ0n) is 7.71. The molecular formula is C8H7F3N2O2. The molecule has 1 aromatic rings. The molecule has 15 heavy (non-hydrogen) atoms. The van der Waals surface area contributed by atoms with Crippen molar-refractivity contribution in [1.82, 2.24) is 9.97 Å². The molecule has 0 saturated heterocycles. The Kier molecular flexibility index (Phi) is 3.23. The number of hydrogen-bond acceptors (Lipinski definition) is 4. The van der Waals surface area contributed by atoms with Gasteiger partial charge in [0.15, 0.2) is 0 Å². The van der Waals surface area contributed by atoms with E-state index in [1.807, 2.05) is 0 Å². The van der Waals surface area contributed by atoms with Crippen LogP contribution in [0.4, 0.5) is 13.2 Å². The van der Waals surface area contributed by atoms with Crippen molar-refractivity contribution < 1.29 is 22.7 Å². The van der Waals surface area contributed by atoms with Gasteiger partial charge in [-0.25, -0.2) is 4.98 Å². The average Bonchev–Trinajstić information content (AvgIpc) is 2.17. The van der Waals surface area contributed by atoms with Crippen LogP contribution in [0.1, 0.15) is 11.4 Å². The number of aldehydes is 1. The molecule has 0 bridgehead atoms. The van der Waals surface area contributed by atoms with E-state index in [9.17, 15) is 18.0 Å². The fraction of sp³-hybridized carbons (Fsp3) is 0.375. The van der Waals surface area contributed by atoms with E-state index in [1.165, 1.54) is 7.11 Å². The Morgan fingerprint density at radius 3 is 2.67 bits per heavy atom. The van der Waals surface area contributed by atoms with E-state index in [0.29, 0.717) is 6.29 Å². The predicted octanol–water partition coefficient (Wildman–Crippen LogP) is 1.25. The number of aromatic nitrogens is 2. The monoisotopic (exact) mass is 220 g/mol. The summed E-state index contributed by atoms with van der Waals surface area (Å²) in [4.78, 5) is 16.5. The van der Waals surface area contributed by atoms with Gasteiger partial charge in [-0.15, -0.1) is 0 Å². The van der Waals surface area contributed by atoms with Crippen molar-refractivity contribution in [3.63, 3.8) is 0 Å².